The summed E-state index contributed by atoms with van der Waals surface area (Å²) in [5.74, 6) is -0.517. The van der Waals surface area contributed by atoms with Crippen molar-refractivity contribution in [1.82, 2.24) is 0 Å². The lowest BCUT2D eigenvalue weighted by atomic mass is 10.1. The molecule has 2 N–H and O–H groups in total. The van der Waals surface area contributed by atoms with Gasteiger partial charge in [-0.1, -0.05) is 18.2 Å². The molecule has 1 atom stereocenters. The zero-order valence-corrected chi connectivity index (χ0v) is 16.6. The van der Waals surface area contributed by atoms with Crippen molar-refractivity contribution in [3.8, 4) is 0 Å². The number of rotatable bonds is 7. The first-order chi connectivity index (χ1) is 12.8. The highest BCUT2D eigenvalue weighted by molar-refractivity contribution is 5.95. The number of aryl methyl sites for hydroxylation is 1. The molecule has 144 valence electrons. The van der Waals surface area contributed by atoms with Crippen LogP contribution in [-0.4, -0.2) is 46.7 Å². The average molecular weight is 370 g/mol. The van der Waals surface area contributed by atoms with Crippen LogP contribution in [-0.2, 0) is 16.1 Å². The first kappa shape index (κ1) is 20.5. The summed E-state index contributed by atoms with van der Waals surface area (Å²) in [6, 6.07) is 13.4. The Morgan fingerprint density at radius 1 is 1.11 bits per heavy atom. The monoisotopic (exact) mass is 370 g/mol. The van der Waals surface area contributed by atoms with E-state index in [-0.39, 0.29) is 5.91 Å². The highest BCUT2D eigenvalue weighted by atomic mass is 16.5. The summed E-state index contributed by atoms with van der Waals surface area (Å²) in [5, 5.41) is 2.90. The van der Waals surface area contributed by atoms with E-state index >= 15 is 0 Å². The quantitative estimate of drug-likeness (QED) is 0.725. The number of nitrogens with zero attached hydrogens (tertiary/aromatic N) is 1. The maximum atomic E-state index is 12.4. The molecule has 0 radical (unpaired) electrons. The second-order valence-electron chi connectivity index (χ2n) is 6.94. The zero-order chi connectivity index (χ0) is 20.0. The van der Waals surface area contributed by atoms with Gasteiger partial charge < -0.3 is 19.9 Å². The molecule has 27 heavy (non-hydrogen) atoms. The summed E-state index contributed by atoms with van der Waals surface area (Å²) in [7, 11) is 7.34. The molecule has 0 saturated carbocycles. The Morgan fingerprint density at radius 3 is 2.37 bits per heavy atom. The molecule has 0 aliphatic carbocycles. The molecule has 6 heteroatoms. The molecular formula is C21H28N3O3+. The van der Waals surface area contributed by atoms with Gasteiger partial charge in [0.15, 0.2) is 6.54 Å². The van der Waals surface area contributed by atoms with Crippen LogP contribution >= 0.6 is 0 Å². The highest BCUT2D eigenvalue weighted by Crippen LogP contribution is 2.17. The smallest absolute Gasteiger partial charge is 0.337 e. The maximum Gasteiger partial charge on any atom is 0.337 e. The number of ether oxygens (including phenoxy) is 1. The summed E-state index contributed by atoms with van der Waals surface area (Å²) < 4.78 is 4.73. The van der Waals surface area contributed by atoms with Crippen molar-refractivity contribution in [2.45, 2.75) is 13.5 Å². The molecule has 6 nitrogen and oxygen atoms in total. The molecule has 2 aromatic rings. The largest absolute Gasteiger partial charge is 0.465 e. The van der Waals surface area contributed by atoms with E-state index in [1.54, 1.807) is 18.2 Å². The Morgan fingerprint density at radius 2 is 1.78 bits per heavy atom. The third-order valence-corrected chi connectivity index (χ3v) is 4.35. The Bertz CT molecular complexity index is 801. The second kappa shape index (κ2) is 9.19. The number of methoxy groups -OCH3 is 1. The standard InChI is InChI=1S/C21H27N3O3/c1-15-6-9-17(21(26)27-5)12-19(15)22-20(25)14-24(4)13-16-7-10-18(11-8-16)23(2)3/h6-12H,13-14H2,1-5H3,(H,22,25)/p+1. The van der Waals surface area contributed by atoms with Gasteiger partial charge in [0.05, 0.1) is 19.7 Å². The van der Waals surface area contributed by atoms with Crippen molar-refractivity contribution in [2.75, 3.05) is 45.0 Å². The van der Waals surface area contributed by atoms with Gasteiger partial charge in [0.2, 0.25) is 0 Å². The van der Waals surface area contributed by atoms with Gasteiger partial charge in [-0.05, 0) is 36.8 Å². The maximum absolute atomic E-state index is 12.4. The van der Waals surface area contributed by atoms with Gasteiger partial charge >= 0.3 is 5.97 Å². The molecule has 0 heterocycles. The van der Waals surface area contributed by atoms with Crippen molar-refractivity contribution in [2.24, 2.45) is 0 Å². The molecule has 2 rings (SSSR count). The number of hydrogen-bond acceptors (Lipinski definition) is 4. The molecule has 1 unspecified atom stereocenters. The van der Waals surface area contributed by atoms with Crippen molar-refractivity contribution < 1.29 is 19.2 Å². The van der Waals surface area contributed by atoms with Crippen LogP contribution in [0.5, 0.6) is 0 Å². The minimum absolute atomic E-state index is 0.0949. The van der Waals surface area contributed by atoms with Crippen molar-refractivity contribution in [3.05, 3.63) is 59.2 Å². The van der Waals surface area contributed by atoms with E-state index in [0.29, 0.717) is 17.8 Å². The fraction of sp³-hybridized carbons (Fsp3) is 0.333. The average Bonchev–Trinajstić information content (AvgIpc) is 2.63. The number of nitrogens with one attached hydrogen (secondary N) is 2. The summed E-state index contributed by atoms with van der Waals surface area (Å²) in [4.78, 5) is 27.2. The number of esters is 1. The fourth-order valence-corrected chi connectivity index (χ4v) is 2.79. The van der Waals surface area contributed by atoms with E-state index in [2.05, 4.69) is 34.5 Å². The van der Waals surface area contributed by atoms with E-state index < -0.39 is 5.97 Å². The number of benzene rings is 2. The molecule has 0 aromatic heterocycles. The lowest BCUT2D eigenvalue weighted by Gasteiger charge is -2.16. The van der Waals surface area contributed by atoms with E-state index in [1.165, 1.54) is 12.7 Å². The molecular weight excluding hydrogens is 342 g/mol. The van der Waals surface area contributed by atoms with Crippen LogP contribution in [0.25, 0.3) is 0 Å². The van der Waals surface area contributed by atoms with Crippen LogP contribution in [0, 0.1) is 6.92 Å². The normalized spacial score (nSPS) is 11.6. The molecule has 2 aromatic carbocycles. The number of likely N-dealkylation sites (N-methyl/N-ethyl adjacent to an activating group) is 1. The van der Waals surface area contributed by atoms with Gasteiger partial charge in [0.25, 0.3) is 5.91 Å². The number of carbonyl (C=O) groups excluding carboxylic acids is 2. The Balaban J connectivity index is 1.95. The minimum Gasteiger partial charge on any atom is -0.465 e. The molecule has 0 spiro atoms. The zero-order valence-electron chi connectivity index (χ0n) is 16.6. The molecule has 1 amide bonds. The summed E-state index contributed by atoms with van der Waals surface area (Å²) in [5.41, 5.74) is 4.27. The Labute approximate surface area is 160 Å². The van der Waals surface area contributed by atoms with Crippen molar-refractivity contribution in [1.29, 1.82) is 0 Å². The van der Waals surface area contributed by atoms with Gasteiger partial charge in [-0.15, -0.1) is 0 Å². The third-order valence-electron chi connectivity index (χ3n) is 4.35. The van der Waals surface area contributed by atoms with Crippen LogP contribution in [0.1, 0.15) is 21.5 Å². The Hall–Kier alpha value is -2.86. The number of hydrogen-bond donors (Lipinski definition) is 2. The Kier molecular flexibility index (Phi) is 6.96. The van der Waals surface area contributed by atoms with Gasteiger partial charge in [-0.25, -0.2) is 4.79 Å². The van der Waals surface area contributed by atoms with Crippen LogP contribution in [0.2, 0.25) is 0 Å². The SMILES string of the molecule is COC(=O)c1ccc(C)c(NC(=O)C[NH+](C)Cc2ccc(N(C)C)cc2)c1. The summed E-state index contributed by atoms with van der Waals surface area (Å²) in [6.45, 7) is 2.97. The van der Waals surface area contributed by atoms with Crippen LogP contribution in [0.4, 0.5) is 11.4 Å². The molecule has 0 saturated heterocycles. The molecule has 0 fully saturated rings. The lowest BCUT2D eigenvalue weighted by molar-refractivity contribution is -0.885. The van der Waals surface area contributed by atoms with Gasteiger partial charge in [-0.3, -0.25) is 4.79 Å². The first-order valence-electron chi connectivity index (χ1n) is 8.86. The second-order valence-corrected chi connectivity index (χ2v) is 6.94. The summed E-state index contributed by atoms with van der Waals surface area (Å²) in [6.07, 6.45) is 0. The predicted octanol–water partition coefficient (Wildman–Crippen LogP) is 1.50. The molecule has 0 bridgehead atoms. The topological polar surface area (TPSA) is 63.1 Å². The van der Waals surface area contributed by atoms with Crippen molar-refractivity contribution >= 4 is 23.3 Å². The minimum atomic E-state index is -0.422. The first-order valence-corrected chi connectivity index (χ1v) is 8.86. The van der Waals surface area contributed by atoms with Gasteiger partial charge in [0, 0.05) is 31.0 Å². The van der Waals surface area contributed by atoms with Gasteiger partial charge in [-0.2, -0.15) is 0 Å². The third kappa shape index (κ3) is 5.82. The fourth-order valence-electron chi connectivity index (χ4n) is 2.79. The molecule has 0 aliphatic heterocycles. The van der Waals surface area contributed by atoms with E-state index in [4.69, 9.17) is 4.74 Å². The van der Waals surface area contributed by atoms with E-state index in [9.17, 15) is 9.59 Å². The number of amides is 1. The summed E-state index contributed by atoms with van der Waals surface area (Å²) >= 11 is 0. The van der Waals surface area contributed by atoms with Crippen LogP contribution < -0.4 is 15.1 Å². The predicted molar refractivity (Wildman–Crippen MR) is 107 cm³/mol. The van der Waals surface area contributed by atoms with Crippen LogP contribution in [0.3, 0.4) is 0 Å². The lowest BCUT2D eigenvalue weighted by Crippen LogP contribution is -3.08. The number of quaternary nitrogens is 1. The number of carbonyl (C=O) groups is 2. The van der Waals surface area contributed by atoms with E-state index in [0.717, 1.165) is 22.7 Å². The van der Waals surface area contributed by atoms with Gasteiger partial charge in [0.1, 0.15) is 6.54 Å². The van der Waals surface area contributed by atoms with E-state index in [1.807, 2.05) is 28.1 Å². The van der Waals surface area contributed by atoms with Crippen molar-refractivity contribution in [3.63, 3.8) is 0 Å². The number of anilines is 2. The highest BCUT2D eigenvalue weighted by Gasteiger charge is 2.14. The van der Waals surface area contributed by atoms with Crippen LogP contribution in [0.15, 0.2) is 42.5 Å². The molecule has 0 aliphatic rings.